The summed E-state index contributed by atoms with van der Waals surface area (Å²) in [5.74, 6) is -0.149. The Balaban J connectivity index is 3.57. The first kappa shape index (κ1) is 10.4. The van der Waals surface area contributed by atoms with Crippen molar-refractivity contribution in [2.75, 3.05) is 20.2 Å². The van der Waals surface area contributed by atoms with E-state index in [4.69, 9.17) is 4.74 Å². The summed E-state index contributed by atoms with van der Waals surface area (Å²) in [4.78, 5) is 12.8. The zero-order chi connectivity index (χ0) is 8.85. The van der Waals surface area contributed by atoms with Crippen LogP contribution in [-0.2, 0) is 9.53 Å². The summed E-state index contributed by atoms with van der Waals surface area (Å²) in [6.07, 6.45) is 0. The van der Waals surface area contributed by atoms with E-state index < -0.39 is 0 Å². The maximum atomic E-state index is 10.9. The van der Waals surface area contributed by atoms with Gasteiger partial charge in [0.2, 0.25) is 0 Å². The van der Waals surface area contributed by atoms with Gasteiger partial charge in [0, 0.05) is 6.04 Å². The molecule has 0 spiro atoms. The molecule has 0 unspecified atom stereocenters. The molecule has 0 aliphatic heterocycles. The van der Waals surface area contributed by atoms with Crippen molar-refractivity contribution in [2.24, 2.45) is 0 Å². The van der Waals surface area contributed by atoms with Crippen LogP contribution in [0.2, 0.25) is 0 Å². The van der Waals surface area contributed by atoms with Gasteiger partial charge in [-0.25, -0.2) is 0 Å². The van der Waals surface area contributed by atoms with E-state index in [1.165, 1.54) is 0 Å². The lowest BCUT2D eigenvalue weighted by molar-refractivity contribution is -0.144. The molecule has 0 saturated carbocycles. The predicted octanol–water partition coefficient (Wildman–Crippen LogP) is 0.890. The molecule has 0 saturated heterocycles. The number of ether oxygens (including phenoxy) is 1. The van der Waals surface area contributed by atoms with E-state index in [1.807, 2.05) is 32.7 Å². The zero-order valence-electron chi connectivity index (χ0n) is 7.76. The highest BCUT2D eigenvalue weighted by molar-refractivity contribution is 5.71. The quantitative estimate of drug-likeness (QED) is 0.570. The second kappa shape index (κ2) is 5.13. The van der Waals surface area contributed by atoms with Crippen LogP contribution in [0.25, 0.3) is 0 Å². The first-order chi connectivity index (χ1) is 5.07. The molecule has 0 rings (SSSR count). The maximum absolute atomic E-state index is 10.9. The molecule has 0 aromatic heterocycles. The number of rotatable bonds is 4. The fraction of sp³-hybridized carbons (Fsp3) is 0.875. The van der Waals surface area contributed by atoms with Gasteiger partial charge in [-0.3, -0.25) is 9.69 Å². The summed E-state index contributed by atoms with van der Waals surface area (Å²) in [5, 5.41) is 0. The summed E-state index contributed by atoms with van der Waals surface area (Å²) < 4.78 is 4.78. The number of carbonyl (C=O) groups excluding carboxylic acids is 1. The van der Waals surface area contributed by atoms with Crippen LogP contribution in [0.5, 0.6) is 0 Å². The lowest BCUT2D eigenvalue weighted by Crippen LogP contribution is -2.32. The van der Waals surface area contributed by atoms with E-state index in [0.717, 1.165) is 0 Å². The fourth-order valence-corrected chi connectivity index (χ4v) is 0.593. The second-order valence-corrected chi connectivity index (χ2v) is 2.81. The van der Waals surface area contributed by atoms with Crippen LogP contribution in [0.15, 0.2) is 0 Å². The molecule has 11 heavy (non-hydrogen) atoms. The Labute approximate surface area is 68.3 Å². The largest absolute Gasteiger partial charge is 0.465 e. The minimum atomic E-state index is -0.149. The maximum Gasteiger partial charge on any atom is 0.320 e. The van der Waals surface area contributed by atoms with Crippen molar-refractivity contribution < 1.29 is 9.53 Å². The summed E-state index contributed by atoms with van der Waals surface area (Å²) in [5.41, 5.74) is 0. The van der Waals surface area contributed by atoms with Gasteiger partial charge in [-0.2, -0.15) is 0 Å². The standard InChI is InChI=1S/C8H17NO2/c1-5-11-8(10)6-9(4)7(2)3/h7H,5-6H2,1-4H3. The molecule has 0 aromatic rings. The Morgan fingerprint density at radius 1 is 1.55 bits per heavy atom. The van der Waals surface area contributed by atoms with E-state index in [0.29, 0.717) is 19.2 Å². The highest BCUT2D eigenvalue weighted by Gasteiger charge is 2.08. The normalized spacial score (nSPS) is 10.7. The molecule has 0 aliphatic rings. The molecular weight excluding hydrogens is 142 g/mol. The molecular formula is C8H17NO2. The second-order valence-electron chi connectivity index (χ2n) is 2.81. The van der Waals surface area contributed by atoms with E-state index in [1.54, 1.807) is 0 Å². The highest BCUT2D eigenvalue weighted by atomic mass is 16.5. The van der Waals surface area contributed by atoms with Gasteiger partial charge in [-0.1, -0.05) is 0 Å². The average molecular weight is 159 g/mol. The van der Waals surface area contributed by atoms with E-state index in [2.05, 4.69) is 0 Å². The number of likely N-dealkylation sites (N-methyl/N-ethyl adjacent to an activating group) is 1. The molecule has 0 heterocycles. The molecule has 0 amide bonds. The van der Waals surface area contributed by atoms with Gasteiger partial charge in [-0.15, -0.1) is 0 Å². The summed E-state index contributed by atoms with van der Waals surface area (Å²) >= 11 is 0. The van der Waals surface area contributed by atoms with Gasteiger partial charge in [0.05, 0.1) is 13.2 Å². The lowest BCUT2D eigenvalue weighted by atomic mass is 10.3. The highest BCUT2D eigenvalue weighted by Crippen LogP contribution is 1.93. The van der Waals surface area contributed by atoms with Crippen LogP contribution in [0.4, 0.5) is 0 Å². The third-order valence-corrected chi connectivity index (χ3v) is 1.57. The number of hydrogen-bond donors (Lipinski definition) is 0. The smallest absolute Gasteiger partial charge is 0.320 e. The zero-order valence-corrected chi connectivity index (χ0v) is 7.76. The number of esters is 1. The Bertz CT molecular complexity index is 123. The lowest BCUT2D eigenvalue weighted by Gasteiger charge is -2.19. The Kier molecular flexibility index (Phi) is 4.86. The minimum Gasteiger partial charge on any atom is -0.465 e. The van der Waals surface area contributed by atoms with Crippen LogP contribution in [0.1, 0.15) is 20.8 Å². The van der Waals surface area contributed by atoms with Crippen LogP contribution in [0.3, 0.4) is 0 Å². The van der Waals surface area contributed by atoms with Crippen LogP contribution in [0, 0.1) is 0 Å². The van der Waals surface area contributed by atoms with Gasteiger partial charge >= 0.3 is 5.97 Å². The van der Waals surface area contributed by atoms with Crippen LogP contribution < -0.4 is 0 Å². The molecule has 3 heteroatoms. The molecule has 0 fully saturated rings. The third-order valence-electron chi connectivity index (χ3n) is 1.57. The van der Waals surface area contributed by atoms with Crippen molar-refractivity contribution in [1.29, 1.82) is 0 Å². The van der Waals surface area contributed by atoms with Gasteiger partial charge in [0.25, 0.3) is 0 Å². The Morgan fingerprint density at radius 3 is 2.45 bits per heavy atom. The molecule has 0 atom stereocenters. The van der Waals surface area contributed by atoms with Crippen molar-refractivity contribution in [3.63, 3.8) is 0 Å². The monoisotopic (exact) mass is 159 g/mol. The Morgan fingerprint density at radius 2 is 2.09 bits per heavy atom. The fourth-order valence-electron chi connectivity index (χ4n) is 0.593. The summed E-state index contributed by atoms with van der Waals surface area (Å²) in [7, 11) is 1.90. The van der Waals surface area contributed by atoms with Crippen molar-refractivity contribution in [1.82, 2.24) is 4.90 Å². The molecule has 66 valence electrons. The summed E-state index contributed by atoms with van der Waals surface area (Å²) in [6, 6.07) is 0.388. The van der Waals surface area contributed by atoms with E-state index in [-0.39, 0.29) is 5.97 Å². The van der Waals surface area contributed by atoms with E-state index >= 15 is 0 Å². The van der Waals surface area contributed by atoms with Crippen LogP contribution in [-0.4, -0.2) is 37.1 Å². The first-order valence-electron chi connectivity index (χ1n) is 3.93. The predicted molar refractivity (Wildman–Crippen MR) is 44.4 cm³/mol. The van der Waals surface area contributed by atoms with E-state index in [9.17, 15) is 4.79 Å². The average Bonchev–Trinajstić information content (AvgIpc) is 1.87. The van der Waals surface area contributed by atoms with Gasteiger partial charge < -0.3 is 4.74 Å². The molecule has 0 bridgehead atoms. The van der Waals surface area contributed by atoms with Crippen molar-refractivity contribution in [2.45, 2.75) is 26.8 Å². The Hall–Kier alpha value is -0.570. The topological polar surface area (TPSA) is 29.5 Å². The van der Waals surface area contributed by atoms with Crippen molar-refractivity contribution in [3.8, 4) is 0 Å². The molecule has 0 aromatic carbocycles. The summed E-state index contributed by atoms with van der Waals surface area (Å²) in [6.45, 7) is 6.74. The number of carbonyl (C=O) groups is 1. The number of hydrogen-bond acceptors (Lipinski definition) is 3. The van der Waals surface area contributed by atoms with Gasteiger partial charge in [0.15, 0.2) is 0 Å². The third kappa shape index (κ3) is 4.79. The van der Waals surface area contributed by atoms with Gasteiger partial charge in [0.1, 0.15) is 0 Å². The molecule has 0 radical (unpaired) electrons. The van der Waals surface area contributed by atoms with Crippen molar-refractivity contribution in [3.05, 3.63) is 0 Å². The van der Waals surface area contributed by atoms with Crippen LogP contribution >= 0.6 is 0 Å². The first-order valence-corrected chi connectivity index (χ1v) is 3.93. The van der Waals surface area contributed by atoms with Gasteiger partial charge in [-0.05, 0) is 27.8 Å². The minimum absolute atomic E-state index is 0.149. The molecule has 3 nitrogen and oxygen atoms in total. The van der Waals surface area contributed by atoms with Crippen molar-refractivity contribution >= 4 is 5.97 Å². The molecule has 0 aliphatic carbocycles. The number of nitrogens with zero attached hydrogens (tertiary/aromatic N) is 1. The SMILES string of the molecule is CCOC(=O)CN(C)C(C)C. The molecule has 0 N–H and O–H groups in total.